The van der Waals surface area contributed by atoms with Crippen LogP contribution in [-0.4, -0.2) is 65.8 Å². The van der Waals surface area contributed by atoms with Gasteiger partial charge in [0.05, 0.1) is 35.9 Å². The van der Waals surface area contributed by atoms with E-state index in [2.05, 4.69) is 15.3 Å². The van der Waals surface area contributed by atoms with E-state index in [-0.39, 0.29) is 5.91 Å². The Labute approximate surface area is 203 Å². The monoisotopic (exact) mass is 486 g/mol. The normalized spacial score (nSPS) is 14.2. The van der Waals surface area contributed by atoms with Gasteiger partial charge in [0.15, 0.2) is 0 Å². The van der Waals surface area contributed by atoms with E-state index in [1.807, 2.05) is 55.6 Å². The Balaban J connectivity index is 1.46. The van der Waals surface area contributed by atoms with Crippen molar-refractivity contribution in [3.63, 3.8) is 0 Å². The van der Waals surface area contributed by atoms with Crippen LogP contribution in [0.2, 0.25) is 5.02 Å². The molecule has 1 saturated heterocycles. The lowest BCUT2D eigenvalue weighted by Gasteiger charge is -2.26. The summed E-state index contributed by atoms with van der Waals surface area (Å²) >= 11 is 7.93. The molecule has 1 fully saturated rings. The molecule has 2 aromatic carbocycles. The van der Waals surface area contributed by atoms with Crippen LogP contribution in [0.4, 0.5) is 5.69 Å². The largest absolute Gasteiger partial charge is 0.492 e. The predicted octanol–water partition coefficient (Wildman–Crippen LogP) is 4.18. The van der Waals surface area contributed by atoms with Gasteiger partial charge in [-0.2, -0.15) is 5.10 Å². The lowest BCUT2D eigenvalue weighted by atomic mass is 10.1. The van der Waals surface area contributed by atoms with Crippen LogP contribution in [0, 0.1) is 0 Å². The van der Waals surface area contributed by atoms with Crippen LogP contribution in [-0.2, 0) is 16.6 Å². The zero-order chi connectivity index (χ0) is 23.0. The number of carbonyl (C=O) groups is 1. The molecule has 1 N–H and O–H groups in total. The lowest BCUT2D eigenvalue weighted by Crippen LogP contribution is -2.38. The Hall–Kier alpha value is -2.52. The van der Waals surface area contributed by atoms with Gasteiger partial charge < -0.3 is 14.8 Å². The molecule has 1 aromatic heterocycles. The van der Waals surface area contributed by atoms with Crippen molar-refractivity contribution in [3.05, 3.63) is 59.8 Å². The second-order valence-corrected chi connectivity index (χ2v) is 9.08. The van der Waals surface area contributed by atoms with Crippen molar-refractivity contribution >= 4 is 35.0 Å². The van der Waals surface area contributed by atoms with Gasteiger partial charge in [-0.25, -0.2) is 0 Å². The number of hydrogen-bond acceptors (Lipinski definition) is 6. The van der Waals surface area contributed by atoms with Crippen molar-refractivity contribution in [1.82, 2.24) is 14.7 Å². The molecule has 174 valence electrons. The fourth-order valence-electron chi connectivity index (χ4n) is 3.60. The number of halogens is 1. The molecule has 0 saturated carbocycles. The van der Waals surface area contributed by atoms with Gasteiger partial charge in [0.2, 0.25) is 5.91 Å². The van der Waals surface area contributed by atoms with E-state index in [0.717, 1.165) is 49.0 Å². The molecule has 0 radical (unpaired) electrons. The molecule has 1 amide bonds. The first-order valence-electron chi connectivity index (χ1n) is 10.8. The fraction of sp³-hybridized carbons (Fsp3) is 0.333. The molecule has 3 aromatic rings. The summed E-state index contributed by atoms with van der Waals surface area (Å²) in [6.07, 6.45) is 1.61. The van der Waals surface area contributed by atoms with E-state index in [0.29, 0.717) is 28.8 Å². The molecule has 1 aliphatic rings. The molecule has 0 atom stereocenters. The van der Waals surface area contributed by atoms with Gasteiger partial charge in [-0.15, -0.1) is 11.8 Å². The Morgan fingerprint density at radius 3 is 2.73 bits per heavy atom. The Morgan fingerprint density at radius 2 is 2.00 bits per heavy atom. The third-order valence-electron chi connectivity index (χ3n) is 5.29. The smallest absolute Gasteiger partial charge is 0.234 e. The number of aryl methyl sites for hydroxylation is 1. The highest BCUT2D eigenvalue weighted by Gasteiger charge is 2.17. The summed E-state index contributed by atoms with van der Waals surface area (Å²) in [4.78, 5) is 15.9. The standard InChI is InChI=1S/C24H27ClN4O3S/c1-28-24(21(25)16-26-28)20-15-18(27-23(30)17-33-19-5-3-2-4-6-19)7-8-22(20)32-14-11-29-9-12-31-13-10-29/h2-8,15-16H,9-14,17H2,1H3,(H,27,30). The van der Waals surface area contributed by atoms with Crippen molar-refractivity contribution < 1.29 is 14.3 Å². The van der Waals surface area contributed by atoms with Crippen LogP contribution in [0.1, 0.15) is 0 Å². The third kappa shape index (κ3) is 6.51. The maximum absolute atomic E-state index is 12.5. The van der Waals surface area contributed by atoms with E-state index >= 15 is 0 Å². The lowest BCUT2D eigenvalue weighted by molar-refractivity contribution is -0.113. The van der Waals surface area contributed by atoms with Crippen LogP contribution in [0.5, 0.6) is 5.75 Å². The van der Waals surface area contributed by atoms with Crippen molar-refractivity contribution in [2.45, 2.75) is 4.90 Å². The van der Waals surface area contributed by atoms with Gasteiger partial charge in [0.1, 0.15) is 12.4 Å². The molecular weight excluding hydrogens is 460 g/mol. The van der Waals surface area contributed by atoms with E-state index < -0.39 is 0 Å². The number of morpholine rings is 1. The molecule has 7 nitrogen and oxygen atoms in total. The molecule has 2 heterocycles. The van der Waals surface area contributed by atoms with Crippen molar-refractivity contribution in [1.29, 1.82) is 0 Å². The second-order valence-electron chi connectivity index (χ2n) is 7.63. The quantitative estimate of drug-likeness (QED) is 0.457. The fourth-order valence-corrected chi connectivity index (χ4v) is 4.59. The third-order valence-corrected chi connectivity index (χ3v) is 6.58. The number of hydrogen-bond donors (Lipinski definition) is 1. The molecule has 1 aliphatic heterocycles. The topological polar surface area (TPSA) is 68.6 Å². The summed E-state index contributed by atoms with van der Waals surface area (Å²) in [7, 11) is 1.83. The molecule has 4 rings (SSSR count). The van der Waals surface area contributed by atoms with Gasteiger partial charge in [-0.05, 0) is 30.3 Å². The Bertz CT molecular complexity index is 1050. The maximum atomic E-state index is 12.5. The highest BCUT2D eigenvalue weighted by Crippen LogP contribution is 2.36. The summed E-state index contributed by atoms with van der Waals surface area (Å²) in [5.41, 5.74) is 2.21. The summed E-state index contributed by atoms with van der Waals surface area (Å²) in [5.74, 6) is 0.946. The molecule has 33 heavy (non-hydrogen) atoms. The molecule has 0 bridgehead atoms. The van der Waals surface area contributed by atoms with Crippen LogP contribution < -0.4 is 10.1 Å². The SMILES string of the molecule is Cn1ncc(Cl)c1-c1cc(NC(=O)CSc2ccccc2)ccc1OCCN1CCOCC1. The molecule has 9 heteroatoms. The van der Waals surface area contributed by atoms with Crippen molar-refractivity contribution in [2.24, 2.45) is 7.05 Å². The zero-order valence-corrected chi connectivity index (χ0v) is 20.1. The number of nitrogens with one attached hydrogen (secondary N) is 1. The second kappa shape index (κ2) is 11.6. The minimum Gasteiger partial charge on any atom is -0.492 e. The first-order valence-corrected chi connectivity index (χ1v) is 12.2. The molecule has 0 aliphatic carbocycles. The number of nitrogens with zero attached hydrogens (tertiary/aromatic N) is 3. The number of thioether (sulfide) groups is 1. The van der Waals surface area contributed by atoms with Gasteiger partial charge in [0, 0.05) is 42.8 Å². The van der Waals surface area contributed by atoms with E-state index in [1.165, 1.54) is 11.8 Å². The molecular formula is C24H27ClN4O3S. The predicted molar refractivity (Wildman–Crippen MR) is 132 cm³/mol. The van der Waals surface area contributed by atoms with Crippen LogP contribution in [0.3, 0.4) is 0 Å². The van der Waals surface area contributed by atoms with Crippen LogP contribution >= 0.6 is 23.4 Å². The number of ether oxygens (including phenoxy) is 2. The van der Waals surface area contributed by atoms with Crippen LogP contribution in [0.25, 0.3) is 11.3 Å². The highest BCUT2D eigenvalue weighted by molar-refractivity contribution is 8.00. The van der Waals surface area contributed by atoms with Crippen LogP contribution in [0.15, 0.2) is 59.6 Å². The first kappa shape index (κ1) is 23.6. The maximum Gasteiger partial charge on any atom is 0.234 e. The van der Waals surface area contributed by atoms with Gasteiger partial charge >= 0.3 is 0 Å². The van der Waals surface area contributed by atoms with E-state index in [1.54, 1.807) is 10.9 Å². The molecule has 0 unspecified atom stereocenters. The minimum atomic E-state index is -0.0770. The molecule has 0 spiro atoms. The van der Waals surface area contributed by atoms with Gasteiger partial charge in [-0.3, -0.25) is 14.4 Å². The number of anilines is 1. The highest BCUT2D eigenvalue weighted by atomic mass is 35.5. The number of amides is 1. The summed E-state index contributed by atoms with van der Waals surface area (Å²) in [6.45, 7) is 4.70. The van der Waals surface area contributed by atoms with Crippen molar-refractivity contribution in [3.8, 4) is 17.0 Å². The average Bonchev–Trinajstić information content (AvgIpc) is 3.17. The Kier molecular flexibility index (Phi) is 8.28. The number of aromatic nitrogens is 2. The summed E-state index contributed by atoms with van der Waals surface area (Å²) in [5, 5.41) is 7.76. The first-order chi connectivity index (χ1) is 16.1. The number of benzene rings is 2. The summed E-state index contributed by atoms with van der Waals surface area (Å²) in [6, 6.07) is 15.5. The number of carbonyl (C=O) groups excluding carboxylic acids is 1. The van der Waals surface area contributed by atoms with E-state index in [9.17, 15) is 4.79 Å². The minimum absolute atomic E-state index is 0.0770. The number of rotatable bonds is 9. The zero-order valence-electron chi connectivity index (χ0n) is 18.5. The van der Waals surface area contributed by atoms with Gasteiger partial charge in [-0.1, -0.05) is 29.8 Å². The van der Waals surface area contributed by atoms with Crippen molar-refractivity contribution in [2.75, 3.05) is 50.5 Å². The Morgan fingerprint density at radius 1 is 1.21 bits per heavy atom. The summed E-state index contributed by atoms with van der Waals surface area (Å²) < 4.78 is 13.3. The average molecular weight is 487 g/mol. The van der Waals surface area contributed by atoms with E-state index in [4.69, 9.17) is 21.1 Å². The van der Waals surface area contributed by atoms with Gasteiger partial charge in [0.25, 0.3) is 0 Å².